The Morgan fingerprint density at radius 2 is 1.67 bits per heavy atom. The summed E-state index contributed by atoms with van der Waals surface area (Å²) in [6, 6.07) is 0. The predicted octanol–water partition coefficient (Wildman–Crippen LogP) is -0.633. The Labute approximate surface area is 89.3 Å². The molecule has 1 fully saturated rings. The fourth-order valence-electron chi connectivity index (χ4n) is 1.81. The molecule has 0 aliphatic carbocycles. The van der Waals surface area contributed by atoms with Crippen molar-refractivity contribution in [2.24, 2.45) is 0 Å². The molecule has 0 aromatic heterocycles. The van der Waals surface area contributed by atoms with Gasteiger partial charge in [0, 0.05) is 6.42 Å². The number of hydrogen-bond donors (Lipinski definition) is 4. The van der Waals surface area contributed by atoms with Crippen LogP contribution in [0.25, 0.3) is 0 Å². The third-order valence-corrected chi connectivity index (χ3v) is 3.47. The van der Waals surface area contributed by atoms with E-state index < -0.39 is 29.2 Å². The quantitative estimate of drug-likeness (QED) is 0.472. The molecule has 1 aliphatic heterocycles. The maximum absolute atomic E-state index is 10.1. The first-order valence-corrected chi connectivity index (χ1v) is 5.04. The Balaban J connectivity index is 3.02. The zero-order valence-corrected chi connectivity index (χ0v) is 9.56. The van der Waals surface area contributed by atoms with Crippen molar-refractivity contribution in [3.05, 3.63) is 0 Å². The fourth-order valence-corrected chi connectivity index (χ4v) is 1.81. The number of aliphatic hydroxyl groups excluding tert-OH is 1. The molecule has 5 nitrogen and oxygen atoms in total. The van der Waals surface area contributed by atoms with Gasteiger partial charge < -0.3 is 25.2 Å². The van der Waals surface area contributed by atoms with E-state index in [4.69, 9.17) is 4.74 Å². The summed E-state index contributed by atoms with van der Waals surface area (Å²) in [5.41, 5.74) is -3.30. The molecule has 90 valence electrons. The molecule has 0 saturated carbocycles. The van der Waals surface area contributed by atoms with Crippen LogP contribution >= 0.6 is 0 Å². The average Bonchev–Trinajstić information content (AvgIpc) is 1.99. The molecule has 0 amide bonds. The zero-order chi connectivity index (χ0) is 12.1. The van der Waals surface area contributed by atoms with E-state index in [9.17, 15) is 20.4 Å². The van der Waals surface area contributed by atoms with Gasteiger partial charge in [0.2, 0.25) is 0 Å². The van der Waals surface area contributed by atoms with Crippen LogP contribution in [0.2, 0.25) is 0 Å². The van der Waals surface area contributed by atoms with Crippen molar-refractivity contribution >= 4 is 0 Å². The lowest BCUT2D eigenvalue weighted by atomic mass is 9.73. The van der Waals surface area contributed by atoms with Gasteiger partial charge in [-0.05, 0) is 27.7 Å². The Morgan fingerprint density at radius 3 is 2.00 bits per heavy atom. The Kier molecular flexibility index (Phi) is 2.91. The molecule has 0 bridgehead atoms. The molecule has 15 heavy (non-hydrogen) atoms. The molecule has 1 aliphatic rings. The van der Waals surface area contributed by atoms with Gasteiger partial charge in [-0.15, -0.1) is 0 Å². The number of aliphatic hydroxyl groups is 4. The van der Waals surface area contributed by atoms with Gasteiger partial charge in [-0.3, -0.25) is 0 Å². The van der Waals surface area contributed by atoms with Gasteiger partial charge in [0.1, 0.15) is 5.60 Å². The van der Waals surface area contributed by atoms with Crippen LogP contribution < -0.4 is 0 Å². The summed E-state index contributed by atoms with van der Waals surface area (Å²) >= 11 is 0. The van der Waals surface area contributed by atoms with E-state index in [1.54, 1.807) is 0 Å². The Bertz CT molecular complexity index is 224. The Morgan fingerprint density at radius 1 is 1.20 bits per heavy atom. The zero-order valence-electron chi connectivity index (χ0n) is 9.56. The third kappa shape index (κ3) is 1.90. The fraction of sp³-hybridized carbons (Fsp3) is 1.00. The summed E-state index contributed by atoms with van der Waals surface area (Å²) in [4.78, 5) is 0. The molecule has 1 rings (SSSR count). The van der Waals surface area contributed by atoms with Gasteiger partial charge in [-0.2, -0.15) is 0 Å². The molecule has 5 atom stereocenters. The summed E-state index contributed by atoms with van der Waals surface area (Å²) in [5, 5.41) is 39.4. The van der Waals surface area contributed by atoms with Crippen LogP contribution in [0, 0.1) is 0 Å². The van der Waals surface area contributed by atoms with Crippen LogP contribution in [-0.4, -0.2) is 49.6 Å². The monoisotopic (exact) mass is 220 g/mol. The summed E-state index contributed by atoms with van der Waals surface area (Å²) in [5.74, 6) is -1.89. The van der Waals surface area contributed by atoms with Gasteiger partial charge >= 0.3 is 0 Å². The maximum atomic E-state index is 10.1. The maximum Gasteiger partial charge on any atom is 0.194 e. The van der Waals surface area contributed by atoms with E-state index in [0.717, 1.165) is 0 Å². The van der Waals surface area contributed by atoms with E-state index in [0.29, 0.717) is 0 Å². The molecule has 1 saturated heterocycles. The van der Waals surface area contributed by atoms with Crippen molar-refractivity contribution in [2.45, 2.75) is 63.3 Å². The molecule has 4 N–H and O–H groups in total. The minimum absolute atomic E-state index is 0.0633. The topological polar surface area (TPSA) is 90.2 Å². The van der Waals surface area contributed by atoms with Crippen LogP contribution in [0.5, 0.6) is 0 Å². The summed E-state index contributed by atoms with van der Waals surface area (Å²) in [6.45, 7) is 5.51. The van der Waals surface area contributed by atoms with Crippen LogP contribution in [0.4, 0.5) is 0 Å². The lowest BCUT2D eigenvalue weighted by Gasteiger charge is -2.54. The second-order valence-electron chi connectivity index (χ2n) is 4.93. The first-order valence-electron chi connectivity index (χ1n) is 5.04. The van der Waals surface area contributed by atoms with E-state index in [1.807, 2.05) is 0 Å². The molecule has 5 heteroatoms. The van der Waals surface area contributed by atoms with E-state index >= 15 is 0 Å². The highest BCUT2D eigenvalue weighted by molar-refractivity contribution is 5.06. The van der Waals surface area contributed by atoms with Crippen LogP contribution in [0.1, 0.15) is 34.1 Å². The van der Waals surface area contributed by atoms with Crippen molar-refractivity contribution in [2.75, 3.05) is 0 Å². The smallest absolute Gasteiger partial charge is 0.194 e. The normalized spacial score (nSPS) is 54.0. The standard InChI is InChI=1S/C10H20O5/c1-6(11)7-5-8(2,12)9(3,13)10(4,14)15-7/h6-7,11-14H,5H2,1-4H3/t6?,7?,8?,9?,10-/m1/s1. The third-order valence-electron chi connectivity index (χ3n) is 3.47. The van der Waals surface area contributed by atoms with Crippen LogP contribution in [-0.2, 0) is 4.74 Å². The SMILES string of the molecule is CC(O)C1CC(C)(O)C(C)(O)[C@](C)(O)O1. The van der Waals surface area contributed by atoms with E-state index in [2.05, 4.69) is 0 Å². The molecule has 0 radical (unpaired) electrons. The highest BCUT2D eigenvalue weighted by atomic mass is 16.7. The predicted molar refractivity (Wildman–Crippen MR) is 53.0 cm³/mol. The molecular weight excluding hydrogens is 200 g/mol. The molecule has 0 aromatic rings. The molecular formula is C10H20O5. The van der Waals surface area contributed by atoms with E-state index in [1.165, 1.54) is 27.7 Å². The van der Waals surface area contributed by atoms with Gasteiger partial charge in [0.05, 0.1) is 17.8 Å². The lowest BCUT2D eigenvalue weighted by Crippen LogP contribution is -2.71. The summed E-state index contributed by atoms with van der Waals surface area (Å²) < 4.78 is 5.18. The van der Waals surface area contributed by atoms with Crippen molar-refractivity contribution in [1.29, 1.82) is 0 Å². The Hall–Kier alpha value is -0.200. The largest absolute Gasteiger partial charge is 0.391 e. The highest BCUT2D eigenvalue weighted by Crippen LogP contribution is 2.43. The van der Waals surface area contributed by atoms with Gasteiger partial charge in [0.15, 0.2) is 5.79 Å². The van der Waals surface area contributed by atoms with Gasteiger partial charge in [0.25, 0.3) is 0 Å². The average molecular weight is 220 g/mol. The minimum Gasteiger partial charge on any atom is -0.391 e. The first-order chi connectivity index (χ1) is 6.51. The number of hydrogen-bond acceptors (Lipinski definition) is 5. The van der Waals surface area contributed by atoms with E-state index in [-0.39, 0.29) is 6.42 Å². The van der Waals surface area contributed by atoms with Crippen LogP contribution in [0.3, 0.4) is 0 Å². The molecule has 1 heterocycles. The highest BCUT2D eigenvalue weighted by Gasteiger charge is 2.60. The van der Waals surface area contributed by atoms with Gasteiger partial charge in [-0.25, -0.2) is 0 Å². The summed E-state index contributed by atoms with van der Waals surface area (Å²) in [6.07, 6.45) is -1.46. The lowest BCUT2D eigenvalue weighted by molar-refractivity contribution is -0.381. The molecule has 0 spiro atoms. The minimum atomic E-state index is -1.89. The second kappa shape index (κ2) is 3.40. The molecule has 0 aromatic carbocycles. The first kappa shape index (κ1) is 12.9. The number of rotatable bonds is 1. The second-order valence-corrected chi connectivity index (χ2v) is 4.93. The van der Waals surface area contributed by atoms with Crippen molar-refractivity contribution < 1.29 is 25.2 Å². The van der Waals surface area contributed by atoms with Crippen molar-refractivity contribution in [1.82, 2.24) is 0 Å². The summed E-state index contributed by atoms with van der Waals surface area (Å²) in [7, 11) is 0. The van der Waals surface area contributed by atoms with Crippen molar-refractivity contribution in [3.63, 3.8) is 0 Å². The van der Waals surface area contributed by atoms with Crippen LogP contribution in [0.15, 0.2) is 0 Å². The number of ether oxygens (including phenoxy) is 1. The molecule has 4 unspecified atom stereocenters. The van der Waals surface area contributed by atoms with Crippen molar-refractivity contribution in [3.8, 4) is 0 Å². The van der Waals surface area contributed by atoms with Gasteiger partial charge in [-0.1, -0.05) is 0 Å².